The summed E-state index contributed by atoms with van der Waals surface area (Å²) in [5.74, 6) is -1.18. The number of ether oxygens (including phenoxy) is 2. The number of methoxy groups -OCH3 is 1. The fraction of sp³-hybridized carbons (Fsp3) is 0.263. The number of benzene rings is 3. The number of hydrogen-bond acceptors (Lipinski definition) is 11. The number of carbonyl (C=O) groups excluding carboxylic acids is 3. The molecule has 0 bridgehead atoms. The third kappa shape index (κ3) is 8.01. The summed E-state index contributed by atoms with van der Waals surface area (Å²) in [7, 11) is 2.71. The van der Waals surface area contributed by atoms with Gasteiger partial charge in [-0.2, -0.15) is 0 Å². The highest BCUT2D eigenvalue weighted by Gasteiger charge is 2.42. The SMILES string of the molecule is COC(=O)C1=C(CN2CCN3C(=O)N(c4ccc(Oc5ccc(C(=O)N(C)CC(=O)O)cc5)cc4)C[C@@H]3C2)NC(c2nccs2)=N[C@H]1c1ccc(F)cc1Cl. The molecule has 0 spiro atoms. The van der Waals surface area contributed by atoms with Crippen LogP contribution in [0.3, 0.4) is 0 Å². The number of hydrogen-bond donors (Lipinski definition) is 2. The maximum absolute atomic E-state index is 14.1. The molecule has 3 aromatic carbocycles. The van der Waals surface area contributed by atoms with E-state index in [9.17, 15) is 23.6 Å². The van der Waals surface area contributed by atoms with Crippen molar-refractivity contribution < 1.29 is 38.1 Å². The van der Waals surface area contributed by atoms with Gasteiger partial charge in [-0.3, -0.25) is 24.4 Å². The minimum atomic E-state index is -1.10. The Balaban J connectivity index is 1.04. The molecule has 4 heterocycles. The molecule has 0 radical (unpaired) electrons. The summed E-state index contributed by atoms with van der Waals surface area (Å²) in [4.78, 5) is 66.5. The molecule has 2 fully saturated rings. The molecule has 2 saturated heterocycles. The van der Waals surface area contributed by atoms with Crippen molar-refractivity contribution >= 4 is 58.3 Å². The number of carboxylic acids is 1. The number of fused-ring (bicyclic) bond motifs is 1. The molecule has 2 N–H and O–H groups in total. The van der Waals surface area contributed by atoms with Gasteiger partial charge in [0.25, 0.3) is 5.91 Å². The summed E-state index contributed by atoms with van der Waals surface area (Å²) in [6.45, 7) is 1.87. The van der Waals surface area contributed by atoms with Crippen LogP contribution >= 0.6 is 22.9 Å². The minimum Gasteiger partial charge on any atom is -0.480 e. The Hall–Kier alpha value is -5.84. The molecule has 0 saturated carbocycles. The minimum absolute atomic E-state index is 0.110. The van der Waals surface area contributed by atoms with Crippen LogP contribution in [0, 0.1) is 5.82 Å². The second-order valence-electron chi connectivity index (χ2n) is 13.0. The predicted molar refractivity (Wildman–Crippen MR) is 202 cm³/mol. The van der Waals surface area contributed by atoms with Crippen molar-refractivity contribution in [2.75, 3.05) is 58.3 Å². The topological polar surface area (TPSA) is 157 Å². The van der Waals surface area contributed by atoms with E-state index in [1.54, 1.807) is 47.5 Å². The Morgan fingerprint density at radius 1 is 1.05 bits per heavy atom. The predicted octanol–water partition coefficient (Wildman–Crippen LogP) is 5.03. The summed E-state index contributed by atoms with van der Waals surface area (Å²) >= 11 is 7.88. The molecule has 1 aromatic heterocycles. The number of carboxylic acid groups (broad SMARTS) is 1. The van der Waals surface area contributed by atoms with Gasteiger partial charge in [0.1, 0.15) is 29.9 Å². The summed E-state index contributed by atoms with van der Waals surface area (Å²) < 4.78 is 25.2. The summed E-state index contributed by atoms with van der Waals surface area (Å²) in [5, 5.41) is 14.8. The first kappa shape index (κ1) is 37.5. The van der Waals surface area contributed by atoms with Gasteiger partial charge in [-0.05, 0) is 60.7 Å². The standard InChI is InChI=1S/C38H35ClFN7O7S/c1-44(21-31(48)49)36(50)22-3-8-26(9-4-22)54-27-10-6-24(7-11-27)47-19-25-18-45(14-15-46(25)38(47)52)20-30-32(37(51)53-2)33(28-12-5-23(40)17-29(28)39)43-34(42-30)35-41-13-16-55-35/h3-13,16-17,25,33H,14-15,18-21H2,1-2H3,(H,42,43)(H,48,49)/t25-,33-/m0/s1. The Bertz CT molecular complexity index is 2180. The fourth-order valence-electron chi connectivity index (χ4n) is 6.81. The molecule has 55 heavy (non-hydrogen) atoms. The van der Waals surface area contributed by atoms with E-state index in [1.165, 1.54) is 43.7 Å². The molecule has 0 unspecified atom stereocenters. The van der Waals surface area contributed by atoms with Crippen molar-refractivity contribution in [3.63, 3.8) is 0 Å². The number of aliphatic carboxylic acids is 1. The van der Waals surface area contributed by atoms with Crippen LogP contribution in [-0.4, -0.2) is 114 Å². The Labute approximate surface area is 324 Å². The number of nitrogens with zero attached hydrogens (tertiary/aromatic N) is 6. The fourth-order valence-corrected chi connectivity index (χ4v) is 7.67. The normalized spacial score (nSPS) is 18.4. The number of aliphatic imine (C=N–C) groups is 1. The zero-order chi connectivity index (χ0) is 38.8. The van der Waals surface area contributed by atoms with Crippen LogP contribution in [-0.2, 0) is 14.3 Å². The van der Waals surface area contributed by atoms with Gasteiger partial charge >= 0.3 is 18.0 Å². The second-order valence-corrected chi connectivity index (χ2v) is 14.3. The van der Waals surface area contributed by atoms with Gasteiger partial charge in [0.05, 0.1) is 18.7 Å². The number of amidine groups is 1. The van der Waals surface area contributed by atoms with Gasteiger partial charge in [-0.1, -0.05) is 17.7 Å². The number of urea groups is 1. The van der Waals surface area contributed by atoms with E-state index in [0.717, 1.165) is 4.90 Å². The van der Waals surface area contributed by atoms with Crippen molar-refractivity contribution in [3.8, 4) is 11.5 Å². The number of piperazine rings is 1. The number of aromatic nitrogens is 1. The van der Waals surface area contributed by atoms with E-state index in [-0.39, 0.29) is 22.7 Å². The zero-order valence-corrected chi connectivity index (χ0v) is 31.2. The van der Waals surface area contributed by atoms with Crippen molar-refractivity contribution in [1.82, 2.24) is 25.0 Å². The van der Waals surface area contributed by atoms with Gasteiger partial charge in [0, 0.05) is 78.9 Å². The molecule has 17 heteroatoms. The lowest BCUT2D eigenvalue weighted by molar-refractivity contribution is -0.138. The molecule has 4 aromatic rings. The van der Waals surface area contributed by atoms with Gasteiger partial charge < -0.3 is 29.7 Å². The molecule has 3 amide bonds. The van der Waals surface area contributed by atoms with Gasteiger partial charge in [0.15, 0.2) is 10.8 Å². The maximum atomic E-state index is 14.1. The quantitative estimate of drug-likeness (QED) is 0.198. The Morgan fingerprint density at radius 3 is 2.44 bits per heavy atom. The Morgan fingerprint density at radius 2 is 1.78 bits per heavy atom. The van der Waals surface area contributed by atoms with Crippen molar-refractivity contribution in [3.05, 3.63) is 117 Å². The van der Waals surface area contributed by atoms with E-state index in [1.807, 2.05) is 22.4 Å². The number of halogens is 2. The van der Waals surface area contributed by atoms with E-state index >= 15 is 0 Å². The largest absolute Gasteiger partial charge is 0.480 e. The lowest BCUT2D eigenvalue weighted by Gasteiger charge is -2.38. The number of rotatable bonds is 11. The van der Waals surface area contributed by atoms with E-state index in [4.69, 9.17) is 31.2 Å². The monoisotopic (exact) mass is 787 g/mol. The van der Waals surface area contributed by atoms with E-state index in [2.05, 4.69) is 15.2 Å². The van der Waals surface area contributed by atoms with Crippen LogP contribution < -0.4 is 15.0 Å². The number of thiazole rings is 1. The molecular formula is C38H35ClFN7O7S. The van der Waals surface area contributed by atoms with Crippen molar-refractivity contribution in [1.29, 1.82) is 0 Å². The first-order chi connectivity index (χ1) is 26.5. The first-order valence-electron chi connectivity index (χ1n) is 17.2. The molecular weight excluding hydrogens is 753 g/mol. The second kappa shape index (κ2) is 15.9. The summed E-state index contributed by atoms with van der Waals surface area (Å²) in [5.41, 5.74) is 2.28. The van der Waals surface area contributed by atoms with Crippen LogP contribution in [0.5, 0.6) is 11.5 Å². The van der Waals surface area contributed by atoms with Crippen LogP contribution in [0.25, 0.3) is 0 Å². The van der Waals surface area contributed by atoms with Crippen LogP contribution in [0.1, 0.15) is 27.0 Å². The van der Waals surface area contributed by atoms with Crippen LogP contribution in [0.2, 0.25) is 5.02 Å². The zero-order valence-electron chi connectivity index (χ0n) is 29.6. The Kier molecular flexibility index (Phi) is 10.8. The summed E-state index contributed by atoms with van der Waals surface area (Å²) in [6.07, 6.45) is 1.66. The van der Waals surface area contributed by atoms with Gasteiger partial charge in [-0.25, -0.2) is 19.0 Å². The number of likely N-dealkylation sites (N-methyl/N-ethyl adjacent to an activating group) is 1. The van der Waals surface area contributed by atoms with E-state index < -0.39 is 36.2 Å². The average Bonchev–Trinajstić information content (AvgIpc) is 3.83. The van der Waals surface area contributed by atoms with Crippen LogP contribution in [0.15, 0.2) is 94.6 Å². The van der Waals surface area contributed by atoms with Crippen LogP contribution in [0.4, 0.5) is 14.9 Å². The number of amides is 3. The third-order valence-corrected chi connectivity index (χ3v) is 10.6. The first-order valence-corrected chi connectivity index (χ1v) is 18.4. The highest BCUT2D eigenvalue weighted by Crippen LogP contribution is 2.37. The smallest absolute Gasteiger partial charge is 0.338 e. The third-order valence-electron chi connectivity index (χ3n) is 9.45. The maximum Gasteiger partial charge on any atom is 0.338 e. The lowest BCUT2D eigenvalue weighted by atomic mass is 9.95. The molecule has 14 nitrogen and oxygen atoms in total. The number of anilines is 1. The number of nitrogens with one attached hydrogen (secondary N) is 1. The molecule has 2 atom stereocenters. The van der Waals surface area contributed by atoms with E-state index in [0.29, 0.717) is 77.6 Å². The molecule has 3 aliphatic rings. The summed E-state index contributed by atoms with van der Waals surface area (Å²) in [6, 6.07) is 16.4. The highest BCUT2D eigenvalue weighted by atomic mass is 35.5. The van der Waals surface area contributed by atoms with Gasteiger partial charge in [0.2, 0.25) is 0 Å². The average molecular weight is 788 g/mol. The molecule has 284 valence electrons. The van der Waals surface area contributed by atoms with Crippen molar-refractivity contribution in [2.24, 2.45) is 4.99 Å². The number of carbonyl (C=O) groups is 4. The highest BCUT2D eigenvalue weighted by molar-refractivity contribution is 7.11. The number of esters is 1. The van der Waals surface area contributed by atoms with Gasteiger partial charge in [-0.15, -0.1) is 11.3 Å². The molecule has 7 rings (SSSR count). The lowest BCUT2D eigenvalue weighted by Crippen LogP contribution is -2.53. The molecule has 3 aliphatic heterocycles. The molecule has 0 aliphatic carbocycles. The van der Waals surface area contributed by atoms with Crippen molar-refractivity contribution in [2.45, 2.75) is 12.1 Å².